The Kier molecular flexibility index (Phi) is 1.77. The van der Waals surface area contributed by atoms with Crippen LogP contribution in [0, 0.1) is 0 Å². The predicted octanol–water partition coefficient (Wildman–Crippen LogP) is 1.59. The summed E-state index contributed by atoms with van der Waals surface area (Å²) in [7, 11) is 0. The van der Waals surface area contributed by atoms with Crippen molar-refractivity contribution in [2.75, 3.05) is 0 Å². The lowest BCUT2D eigenvalue weighted by Crippen LogP contribution is -1.93. The first-order valence-corrected chi connectivity index (χ1v) is 4.07. The minimum absolute atomic E-state index is 0.0818. The van der Waals surface area contributed by atoms with E-state index in [-0.39, 0.29) is 5.78 Å². The SMILES string of the molecule is CC(=O)c1cc2nc(Cl)ccn2n1. The fraction of sp³-hybridized carbons (Fsp3) is 0.125. The van der Waals surface area contributed by atoms with E-state index in [0.29, 0.717) is 16.5 Å². The first kappa shape index (κ1) is 8.19. The standard InChI is InChI=1S/C8H6ClN3O/c1-5(13)6-4-8-10-7(9)2-3-12(8)11-6/h2-4H,1H3. The molecule has 0 aliphatic carbocycles. The van der Waals surface area contributed by atoms with Crippen molar-refractivity contribution in [2.24, 2.45) is 0 Å². The molecule has 2 aromatic heterocycles. The van der Waals surface area contributed by atoms with Crippen molar-refractivity contribution in [3.05, 3.63) is 29.2 Å². The molecule has 2 heterocycles. The summed E-state index contributed by atoms with van der Waals surface area (Å²) in [6.45, 7) is 1.46. The Hall–Kier alpha value is -1.42. The van der Waals surface area contributed by atoms with Gasteiger partial charge in [0.1, 0.15) is 10.8 Å². The van der Waals surface area contributed by atoms with Gasteiger partial charge in [0, 0.05) is 19.2 Å². The van der Waals surface area contributed by atoms with E-state index in [1.165, 1.54) is 11.4 Å². The number of halogens is 1. The van der Waals surface area contributed by atoms with Crippen molar-refractivity contribution in [3.8, 4) is 0 Å². The van der Waals surface area contributed by atoms with Gasteiger partial charge in [0.15, 0.2) is 11.4 Å². The third-order valence-corrected chi connectivity index (χ3v) is 1.86. The van der Waals surface area contributed by atoms with Crippen LogP contribution in [-0.2, 0) is 0 Å². The Morgan fingerprint density at radius 1 is 1.62 bits per heavy atom. The van der Waals surface area contributed by atoms with Crippen LogP contribution in [0.4, 0.5) is 0 Å². The van der Waals surface area contributed by atoms with Crippen LogP contribution in [0.1, 0.15) is 17.4 Å². The van der Waals surface area contributed by atoms with Gasteiger partial charge in [-0.3, -0.25) is 4.79 Å². The van der Waals surface area contributed by atoms with Gasteiger partial charge in [-0.15, -0.1) is 0 Å². The van der Waals surface area contributed by atoms with Gasteiger partial charge in [0.05, 0.1) is 0 Å². The second-order valence-corrected chi connectivity index (χ2v) is 3.03. The fourth-order valence-electron chi connectivity index (χ4n) is 1.03. The number of aromatic nitrogens is 3. The van der Waals surface area contributed by atoms with Crippen molar-refractivity contribution in [1.29, 1.82) is 0 Å². The molecule has 13 heavy (non-hydrogen) atoms. The third kappa shape index (κ3) is 1.40. The highest BCUT2D eigenvalue weighted by Gasteiger charge is 2.06. The van der Waals surface area contributed by atoms with E-state index >= 15 is 0 Å². The molecule has 0 radical (unpaired) electrons. The lowest BCUT2D eigenvalue weighted by molar-refractivity contribution is 0.101. The molecule has 2 aromatic rings. The molecule has 0 N–H and O–H groups in total. The Labute approximate surface area is 79.2 Å². The molecule has 5 heteroatoms. The number of hydrogen-bond donors (Lipinski definition) is 0. The number of rotatable bonds is 1. The van der Waals surface area contributed by atoms with Crippen molar-refractivity contribution < 1.29 is 4.79 Å². The minimum atomic E-state index is -0.0818. The molecule has 0 unspecified atom stereocenters. The number of carbonyl (C=O) groups excluding carboxylic acids is 1. The molecule has 2 rings (SSSR count). The Balaban J connectivity index is 2.68. The summed E-state index contributed by atoms with van der Waals surface area (Å²) in [4.78, 5) is 15.0. The van der Waals surface area contributed by atoms with Crippen LogP contribution in [0.5, 0.6) is 0 Å². The molecule has 0 saturated heterocycles. The van der Waals surface area contributed by atoms with Crippen LogP contribution >= 0.6 is 11.6 Å². The number of fused-ring (bicyclic) bond motifs is 1. The highest BCUT2D eigenvalue weighted by Crippen LogP contribution is 2.08. The molecule has 0 aliphatic rings. The molecule has 0 atom stereocenters. The molecular weight excluding hydrogens is 190 g/mol. The number of ketones is 1. The zero-order valence-corrected chi connectivity index (χ0v) is 7.62. The molecule has 66 valence electrons. The summed E-state index contributed by atoms with van der Waals surface area (Å²) in [5.41, 5.74) is 0.979. The van der Waals surface area contributed by atoms with Crippen LogP contribution in [0.25, 0.3) is 5.65 Å². The highest BCUT2D eigenvalue weighted by atomic mass is 35.5. The average molecular weight is 196 g/mol. The van der Waals surface area contributed by atoms with Crippen LogP contribution in [-0.4, -0.2) is 20.4 Å². The number of carbonyl (C=O) groups is 1. The molecule has 4 nitrogen and oxygen atoms in total. The lowest BCUT2D eigenvalue weighted by atomic mass is 10.3. The van der Waals surface area contributed by atoms with Gasteiger partial charge in [0.25, 0.3) is 0 Å². The Morgan fingerprint density at radius 3 is 3.08 bits per heavy atom. The summed E-state index contributed by atoms with van der Waals surface area (Å²) in [6.07, 6.45) is 1.66. The van der Waals surface area contributed by atoms with E-state index in [4.69, 9.17) is 11.6 Å². The number of hydrogen-bond acceptors (Lipinski definition) is 3. The second-order valence-electron chi connectivity index (χ2n) is 2.64. The summed E-state index contributed by atoms with van der Waals surface area (Å²) >= 11 is 5.67. The zero-order valence-electron chi connectivity index (χ0n) is 6.86. The number of Topliss-reactive ketones (excluding diaryl/α,β-unsaturated/α-hetero) is 1. The summed E-state index contributed by atoms with van der Waals surface area (Å²) in [5.74, 6) is -0.0818. The molecule has 0 aliphatic heterocycles. The molecule has 0 aromatic carbocycles. The predicted molar refractivity (Wildman–Crippen MR) is 48.0 cm³/mol. The maximum absolute atomic E-state index is 11.0. The highest BCUT2D eigenvalue weighted by molar-refractivity contribution is 6.29. The normalized spacial score (nSPS) is 10.6. The summed E-state index contributed by atoms with van der Waals surface area (Å²) < 4.78 is 1.52. The monoisotopic (exact) mass is 195 g/mol. The van der Waals surface area contributed by atoms with Gasteiger partial charge < -0.3 is 0 Å². The first-order chi connectivity index (χ1) is 6.16. The Bertz CT molecular complexity index is 477. The van der Waals surface area contributed by atoms with Crippen LogP contribution in [0.15, 0.2) is 18.3 Å². The van der Waals surface area contributed by atoms with Crippen LogP contribution < -0.4 is 0 Å². The van der Waals surface area contributed by atoms with Crippen LogP contribution in [0.3, 0.4) is 0 Å². The average Bonchev–Trinajstić information content (AvgIpc) is 2.46. The topological polar surface area (TPSA) is 47.3 Å². The van der Waals surface area contributed by atoms with Gasteiger partial charge in [-0.2, -0.15) is 5.10 Å². The van der Waals surface area contributed by atoms with Crippen LogP contribution in [0.2, 0.25) is 5.15 Å². The van der Waals surface area contributed by atoms with Gasteiger partial charge in [-0.05, 0) is 6.07 Å². The fourth-order valence-corrected chi connectivity index (χ4v) is 1.17. The molecule has 0 fully saturated rings. The maximum atomic E-state index is 11.0. The maximum Gasteiger partial charge on any atom is 0.180 e. The van der Waals surface area contributed by atoms with Gasteiger partial charge in [-0.25, -0.2) is 9.50 Å². The van der Waals surface area contributed by atoms with E-state index in [0.717, 1.165) is 0 Å². The molecule has 0 amide bonds. The summed E-state index contributed by atoms with van der Waals surface area (Å²) in [6, 6.07) is 3.22. The first-order valence-electron chi connectivity index (χ1n) is 3.70. The number of nitrogens with zero attached hydrogens (tertiary/aromatic N) is 3. The van der Waals surface area contributed by atoms with Crippen molar-refractivity contribution >= 4 is 23.0 Å². The zero-order chi connectivity index (χ0) is 9.42. The van der Waals surface area contributed by atoms with E-state index in [1.807, 2.05) is 0 Å². The molecule has 0 bridgehead atoms. The van der Waals surface area contributed by atoms with Crippen molar-refractivity contribution in [3.63, 3.8) is 0 Å². The van der Waals surface area contributed by atoms with Gasteiger partial charge >= 0.3 is 0 Å². The third-order valence-electron chi connectivity index (χ3n) is 1.65. The van der Waals surface area contributed by atoms with E-state index in [1.54, 1.807) is 18.3 Å². The minimum Gasteiger partial charge on any atom is -0.293 e. The second kappa shape index (κ2) is 2.81. The molecular formula is C8H6ClN3O. The van der Waals surface area contributed by atoms with E-state index in [9.17, 15) is 4.79 Å². The largest absolute Gasteiger partial charge is 0.293 e. The van der Waals surface area contributed by atoms with E-state index in [2.05, 4.69) is 10.1 Å². The summed E-state index contributed by atoms with van der Waals surface area (Å²) in [5, 5.41) is 4.39. The smallest absolute Gasteiger partial charge is 0.180 e. The Morgan fingerprint density at radius 2 is 2.38 bits per heavy atom. The molecule has 0 spiro atoms. The van der Waals surface area contributed by atoms with Crippen molar-refractivity contribution in [2.45, 2.75) is 6.92 Å². The van der Waals surface area contributed by atoms with E-state index < -0.39 is 0 Å². The van der Waals surface area contributed by atoms with Gasteiger partial charge in [0.2, 0.25) is 0 Å². The lowest BCUT2D eigenvalue weighted by Gasteiger charge is -1.90. The quantitative estimate of drug-likeness (QED) is 0.513. The van der Waals surface area contributed by atoms with Gasteiger partial charge in [-0.1, -0.05) is 11.6 Å². The molecule has 0 saturated carbocycles. The van der Waals surface area contributed by atoms with Crippen molar-refractivity contribution in [1.82, 2.24) is 14.6 Å².